The van der Waals surface area contributed by atoms with Crippen LogP contribution in [0.25, 0.3) is 0 Å². The lowest BCUT2D eigenvalue weighted by atomic mass is 9.85. The number of fused-ring (bicyclic) bond motifs is 5. The van der Waals surface area contributed by atoms with Crippen molar-refractivity contribution in [1.29, 1.82) is 0 Å². The lowest BCUT2D eigenvalue weighted by Crippen LogP contribution is -2.42. The summed E-state index contributed by atoms with van der Waals surface area (Å²) < 4.78 is 27.1. The van der Waals surface area contributed by atoms with Crippen LogP contribution in [-0.4, -0.2) is 35.7 Å². The van der Waals surface area contributed by atoms with Crippen LogP contribution in [0.5, 0.6) is 0 Å². The van der Waals surface area contributed by atoms with Crippen LogP contribution in [0.2, 0.25) is 0 Å². The van der Waals surface area contributed by atoms with Gasteiger partial charge in [0, 0.05) is 12.1 Å². The predicted molar refractivity (Wildman–Crippen MR) is 87.5 cm³/mol. The van der Waals surface area contributed by atoms with Crippen molar-refractivity contribution in [3.63, 3.8) is 0 Å². The second kappa shape index (κ2) is 6.30. The second-order valence-electron chi connectivity index (χ2n) is 7.06. The number of nitrogens with one attached hydrogen (secondary N) is 1. The van der Waals surface area contributed by atoms with Gasteiger partial charge in [-0.25, -0.2) is 8.78 Å². The molecule has 1 N–H and O–H groups in total. The van der Waals surface area contributed by atoms with Crippen molar-refractivity contribution in [3.05, 3.63) is 47.5 Å². The fourth-order valence-electron chi connectivity index (χ4n) is 4.42. The topological polar surface area (TPSA) is 66.5 Å². The predicted octanol–water partition coefficient (Wildman–Crippen LogP) is 1.43. The van der Waals surface area contributed by atoms with Gasteiger partial charge in [0.25, 0.3) is 0 Å². The number of benzene rings is 1. The Morgan fingerprint density at radius 3 is 2.23 bits per heavy atom. The Bertz CT molecular complexity index is 773. The van der Waals surface area contributed by atoms with Gasteiger partial charge in [-0.1, -0.05) is 18.2 Å². The molecular weight excluding hydrogens is 342 g/mol. The monoisotopic (exact) mass is 360 g/mol. The van der Waals surface area contributed by atoms with E-state index in [0.29, 0.717) is 0 Å². The average molecular weight is 360 g/mol. The molecule has 1 aromatic rings. The van der Waals surface area contributed by atoms with Gasteiger partial charge in [-0.05, 0) is 36.8 Å². The number of rotatable bonds is 5. The molecule has 0 radical (unpaired) electrons. The third-order valence-electron chi connectivity index (χ3n) is 5.62. The van der Waals surface area contributed by atoms with E-state index in [0.717, 1.165) is 23.5 Å². The van der Waals surface area contributed by atoms with Gasteiger partial charge in [0.2, 0.25) is 17.7 Å². The molecule has 4 atom stereocenters. The van der Waals surface area contributed by atoms with E-state index in [-0.39, 0.29) is 60.6 Å². The zero-order valence-electron chi connectivity index (χ0n) is 14.0. The number of hydrogen-bond acceptors (Lipinski definition) is 3. The van der Waals surface area contributed by atoms with Crippen LogP contribution in [0.1, 0.15) is 12.0 Å². The molecule has 2 aliphatic carbocycles. The number of carbonyl (C=O) groups is 3. The van der Waals surface area contributed by atoms with Gasteiger partial charge in [0.15, 0.2) is 0 Å². The number of likely N-dealkylation sites (tertiary alicyclic amines) is 1. The molecule has 4 rings (SSSR count). The highest BCUT2D eigenvalue weighted by molar-refractivity contribution is 6.08. The van der Waals surface area contributed by atoms with E-state index in [2.05, 4.69) is 5.32 Å². The largest absolute Gasteiger partial charge is 0.354 e. The van der Waals surface area contributed by atoms with E-state index in [1.807, 2.05) is 12.2 Å². The number of hydrogen-bond donors (Lipinski definition) is 1. The number of carbonyl (C=O) groups excluding carboxylic acids is 3. The van der Waals surface area contributed by atoms with E-state index in [4.69, 9.17) is 0 Å². The standard InChI is InChI=1S/C19H18F2N2O3/c20-13-2-1-3-14(21)12(13)6-7-22-15(24)9-23-18(25)16-10-4-5-11(8-10)17(16)19(23)26/h1-5,10-11,16-17H,6-9H2,(H,22,24). The fraction of sp³-hybridized carbons (Fsp3) is 0.421. The molecule has 1 saturated carbocycles. The van der Waals surface area contributed by atoms with Crippen LogP contribution in [-0.2, 0) is 20.8 Å². The van der Waals surface area contributed by atoms with Crippen LogP contribution in [0.15, 0.2) is 30.4 Å². The van der Waals surface area contributed by atoms with Gasteiger partial charge in [-0.3, -0.25) is 19.3 Å². The summed E-state index contributed by atoms with van der Waals surface area (Å²) in [5, 5.41) is 2.52. The van der Waals surface area contributed by atoms with Crippen molar-refractivity contribution < 1.29 is 23.2 Å². The number of imide groups is 1. The van der Waals surface area contributed by atoms with Crippen molar-refractivity contribution in [1.82, 2.24) is 10.2 Å². The van der Waals surface area contributed by atoms with Gasteiger partial charge in [0.05, 0.1) is 11.8 Å². The van der Waals surface area contributed by atoms with E-state index < -0.39 is 17.5 Å². The summed E-state index contributed by atoms with van der Waals surface area (Å²) in [5.74, 6) is -2.89. The van der Waals surface area contributed by atoms with Crippen LogP contribution in [0, 0.1) is 35.3 Å². The summed E-state index contributed by atoms with van der Waals surface area (Å²) in [6, 6.07) is 3.59. The van der Waals surface area contributed by atoms with E-state index >= 15 is 0 Å². The molecular formula is C19H18F2N2O3. The van der Waals surface area contributed by atoms with E-state index in [1.54, 1.807) is 0 Å². The van der Waals surface area contributed by atoms with Crippen molar-refractivity contribution in [2.45, 2.75) is 12.8 Å². The molecule has 1 aliphatic heterocycles. The summed E-state index contributed by atoms with van der Waals surface area (Å²) in [4.78, 5) is 38.1. The molecule has 5 nitrogen and oxygen atoms in total. The molecule has 0 aromatic heterocycles. The quantitative estimate of drug-likeness (QED) is 0.638. The van der Waals surface area contributed by atoms with Crippen molar-refractivity contribution >= 4 is 17.7 Å². The number of halogens is 2. The first kappa shape index (κ1) is 16.9. The molecule has 3 amide bonds. The maximum atomic E-state index is 13.6. The SMILES string of the molecule is O=C(CN1C(=O)C2C3C=CC(C3)C2C1=O)NCCc1c(F)cccc1F. The first-order valence-electron chi connectivity index (χ1n) is 8.70. The summed E-state index contributed by atoms with van der Waals surface area (Å²) in [5.41, 5.74) is -0.0988. The molecule has 7 heteroatoms. The molecule has 1 aromatic carbocycles. The maximum Gasteiger partial charge on any atom is 0.240 e. The number of amides is 3. The zero-order chi connectivity index (χ0) is 18.4. The van der Waals surface area contributed by atoms with Crippen molar-refractivity contribution in [2.75, 3.05) is 13.1 Å². The molecule has 3 aliphatic rings. The van der Waals surface area contributed by atoms with Gasteiger partial charge < -0.3 is 5.32 Å². The Labute approximate surface area is 149 Å². The fourth-order valence-corrected chi connectivity index (χ4v) is 4.42. The van der Waals surface area contributed by atoms with Gasteiger partial charge in [0.1, 0.15) is 18.2 Å². The summed E-state index contributed by atoms with van der Waals surface area (Å²) >= 11 is 0. The zero-order valence-corrected chi connectivity index (χ0v) is 14.0. The third kappa shape index (κ3) is 2.62. The van der Waals surface area contributed by atoms with Crippen LogP contribution in [0.4, 0.5) is 8.78 Å². The Morgan fingerprint density at radius 1 is 1.08 bits per heavy atom. The highest BCUT2D eigenvalue weighted by atomic mass is 19.1. The lowest BCUT2D eigenvalue weighted by Gasteiger charge is -2.16. The minimum atomic E-state index is -0.667. The lowest BCUT2D eigenvalue weighted by molar-refractivity contribution is -0.144. The summed E-state index contributed by atoms with van der Waals surface area (Å²) in [7, 11) is 0. The first-order chi connectivity index (χ1) is 12.5. The van der Waals surface area contributed by atoms with Gasteiger partial charge in [-0.15, -0.1) is 0 Å². The molecule has 2 fully saturated rings. The summed E-state index contributed by atoms with van der Waals surface area (Å²) in [6.45, 7) is -0.323. The summed E-state index contributed by atoms with van der Waals surface area (Å²) in [6.07, 6.45) is 4.81. The Hall–Kier alpha value is -2.57. The van der Waals surface area contributed by atoms with Crippen molar-refractivity contribution in [3.8, 4) is 0 Å². The molecule has 4 unspecified atom stereocenters. The average Bonchev–Trinajstić information content (AvgIpc) is 3.27. The van der Waals surface area contributed by atoms with Crippen LogP contribution >= 0.6 is 0 Å². The Morgan fingerprint density at radius 2 is 1.65 bits per heavy atom. The minimum absolute atomic E-state index is 0.00847. The highest BCUT2D eigenvalue weighted by Gasteiger charge is 2.59. The maximum absolute atomic E-state index is 13.6. The molecule has 0 spiro atoms. The molecule has 1 saturated heterocycles. The number of allylic oxidation sites excluding steroid dienone is 2. The van der Waals surface area contributed by atoms with Gasteiger partial charge >= 0.3 is 0 Å². The van der Waals surface area contributed by atoms with Gasteiger partial charge in [-0.2, -0.15) is 0 Å². The Kier molecular flexibility index (Phi) is 4.09. The van der Waals surface area contributed by atoms with E-state index in [9.17, 15) is 23.2 Å². The smallest absolute Gasteiger partial charge is 0.240 e. The first-order valence-corrected chi connectivity index (χ1v) is 8.70. The van der Waals surface area contributed by atoms with Crippen LogP contribution in [0.3, 0.4) is 0 Å². The van der Waals surface area contributed by atoms with Crippen molar-refractivity contribution in [2.24, 2.45) is 23.7 Å². The molecule has 26 heavy (non-hydrogen) atoms. The van der Waals surface area contributed by atoms with E-state index in [1.165, 1.54) is 6.07 Å². The molecule has 2 bridgehead atoms. The molecule has 1 heterocycles. The third-order valence-corrected chi connectivity index (χ3v) is 5.62. The minimum Gasteiger partial charge on any atom is -0.354 e. The highest BCUT2D eigenvalue weighted by Crippen LogP contribution is 2.52. The normalized spacial score (nSPS) is 28.8. The Balaban J connectivity index is 1.33. The second-order valence-corrected chi connectivity index (χ2v) is 7.06. The number of nitrogens with zero attached hydrogens (tertiary/aromatic N) is 1. The molecule has 136 valence electrons. The van der Waals surface area contributed by atoms with Crippen LogP contribution < -0.4 is 5.32 Å².